The lowest BCUT2D eigenvalue weighted by Crippen LogP contribution is -2.44. The molecule has 0 aliphatic rings. The van der Waals surface area contributed by atoms with E-state index in [0.29, 0.717) is 6.42 Å². The molecule has 21 heavy (non-hydrogen) atoms. The molecule has 0 aliphatic carbocycles. The van der Waals surface area contributed by atoms with Crippen molar-refractivity contribution in [2.45, 2.75) is 31.5 Å². The summed E-state index contributed by atoms with van der Waals surface area (Å²) in [5.41, 5.74) is 1.18. The average molecular weight is 315 g/mol. The summed E-state index contributed by atoms with van der Waals surface area (Å²) in [6, 6.07) is 6.20. The van der Waals surface area contributed by atoms with Gasteiger partial charge in [-0.15, -0.1) is 0 Å². The van der Waals surface area contributed by atoms with Gasteiger partial charge in [0.2, 0.25) is 6.10 Å². The number of halogens is 6. The standard InChI is InChI=1S/C13H15F6NO/c1-20-7-6-9-2-4-10(5-3-9)8-21-11(12(14,15)16)13(17,18)19/h2-5,11,20H,6-8H2,1H3. The lowest BCUT2D eigenvalue weighted by molar-refractivity contribution is -0.324. The molecule has 0 heterocycles. The molecule has 0 bridgehead atoms. The van der Waals surface area contributed by atoms with E-state index in [4.69, 9.17) is 0 Å². The Morgan fingerprint density at radius 1 is 0.952 bits per heavy atom. The minimum atomic E-state index is -5.48. The van der Waals surface area contributed by atoms with Crippen molar-refractivity contribution in [1.29, 1.82) is 0 Å². The lowest BCUT2D eigenvalue weighted by Gasteiger charge is -2.23. The van der Waals surface area contributed by atoms with Crippen LogP contribution < -0.4 is 5.32 Å². The molecule has 0 amide bonds. The van der Waals surface area contributed by atoms with Crippen LogP contribution in [-0.2, 0) is 17.8 Å². The topological polar surface area (TPSA) is 21.3 Å². The van der Waals surface area contributed by atoms with Crippen molar-refractivity contribution >= 4 is 0 Å². The van der Waals surface area contributed by atoms with Crippen molar-refractivity contribution in [3.8, 4) is 0 Å². The number of hydrogen-bond acceptors (Lipinski definition) is 2. The van der Waals surface area contributed by atoms with Crippen LogP contribution in [0.5, 0.6) is 0 Å². The molecule has 0 aliphatic heterocycles. The average Bonchev–Trinajstić information content (AvgIpc) is 2.34. The van der Waals surface area contributed by atoms with E-state index >= 15 is 0 Å². The van der Waals surface area contributed by atoms with Crippen LogP contribution in [0.4, 0.5) is 26.3 Å². The van der Waals surface area contributed by atoms with Crippen molar-refractivity contribution < 1.29 is 31.1 Å². The second-order valence-corrected chi connectivity index (χ2v) is 4.44. The van der Waals surface area contributed by atoms with Crippen LogP contribution in [-0.4, -0.2) is 32.0 Å². The van der Waals surface area contributed by atoms with Crippen LogP contribution in [0.15, 0.2) is 24.3 Å². The predicted molar refractivity (Wildman–Crippen MR) is 64.8 cm³/mol. The zero-order valence-electron chi connectivity index (χ0n) is 11.2. The SMILES string of the molecule is CNCCc1ccc(COC(C(F)(F)F)C(F)(F)F)cc1. The van der Waals surface area contributed by atoms with Gasteiger partial charge in [-0.3, -0.25) is 0 Å². The molecule has 120 valence electrons. The summed E-state index contributed by atoms with van der Waals surface area (Å²) in [4.78, 5) is 0. The smallest absolute Gasteiger partial charge is 0.356 e. The maximum atomic E-state index is 12.3. The number of alkyl halides is 6. The summed E-state index contributed by atoms with van der Waals surface area (Å²) in [6.45, 7) is -0.0317. The largest absolute Gasteiger partial charge is 0.423 e. The molecule has 2 nitrogen and oxygen atoms in total. The van der Waals surface area contributed by atoms with Crippen molar-refractivity contribution in [1.82, 2.24) is 5.32 Å². The van der Waals surface area contributed by atoms with Crippen LogP contribution in [0.1, 0.15) is 11.1 Å². The number of rotatable bonds is 6. The van der Waals surface area contributed by atoms with Gasteiger partial charge in [0, 0.05) is 0 Å². The van der Waals surface area contributed by atoms with Gasteiger partial charge in [0.25, 0.3) is 0 Å². The maximum Gasteiger partial charge on any atom is 0.423 e. The highest BCUT2D eigenvalue weighted by Gasteiger charge is 2.57. The molecule has 1 aromatic carbocycles. The molecule has 0 unspecified atom stereocenters. The highest BCUT2D eigenvalue weighted by atomic mass is 19.4. The van der Waals surface area contributed by atoms with Gasteiger partial charge in [0.1, 0.15) is 0 Å². The van der Waals surface area contributed by atoms with E-state index in [1.807, 2.05) is 0 Å². The highest BCUT2D eigenvalue weighted by Crippen LogP contribution is 2.36. The lowest BCUT2D eigenvalue weighted by atomic mass is 10.1. The van der Waals surface area contributed by atoms with Gasteiger partial charge in [-0.25, -0.2) is 0 Å². The first-order valence-corrected chi connectivity index (χ1v) is 6.12. The van der Waals surface area contributed by atoms with Gasteiger partial charge in [-0.05, 0) is 31.1 Å². The summed E-state index contributed by atoms with van der Waals surface area (Å²) in [5, 5.41) is 2.93. The van der Waals surface area contributed by atoms with Crippen LogP contribution in [0.2, 0.25) is 0 Å². The molecule has 1 rings (SSSR count). The summed E-state index contributed by atoms with van der Waals surface area (Å²) in [5.74, 6) is 0. The van der Waals surface area contributed by atoms with Gasteiger partial charge in [-0.2, -0.15) is 26.3 Å². The Kier molecular flexibility index (Phi) is 6.03. The van der Waals surface area contributed by atoms with Gasteiger partial charge in [-0.1, -0.05) is 24.3 Å². The van der Waals surface area contributed by atoms with Crippen molar-refractivity contribution in [2.75, 3.05) is 13.6 Å². The third kappa shape index (κ3) is 5.92. The monoisotopic (exact) mass is 315 g/mol. The van der Waals surface area contributed by atoms with Gasteiger partial charge in [0.15, 0.2) is 0 Å². The fraction of sp³-hybridized carbons (Fsp3) is 0.538. The Labute approximate surface area is 118 Å². The summed E-state index contributed by atoms with van der Waals surface area (Å²) >= 11 is 0. The second-order valence-electron chi connectivity index (χ2n) is 4.44. The zero-order chi connectivity index (χ0) is 16.1. The predicted octanol–water partition coefficient (Wildman–Crippen LogP) is 3.46. The van der Waals surface area contributed by atoms with E-state index in [0.717, 1.165) is 12.1 Å². The first kappa shape index (κ1) is 17.8. The van der Waals surface area contributed by atoms with E-state index in [1.165, 1.54) is 12.1 Å². The molecule has 0 radical (unpaired) electrons. The number of benzene rings is 1. The van der Waals surface area contributed by atoms with Crippen molar-refractivity contribution in [3.05, 3.63) is 35.4 Å². The van der Waals surface area contributed by atoms with Crippen molar-refractivity contribution in [2.24, 2.45) is 0 Å². The molecular weight excluding hydrogens is 300 g/mol. The van der Waals surface area contributed by atoms with Crippen LogP contribution in [0.25, 0.3) is 0 Å². The molecule has 8 heteroatoms. The van der Waals surface area contributed by atoms with Gasteiger partial charge >= 0.3 is 12.4 Å². The molecule has 0 saturated heterocycles. The number of hydrogen-bond donors (Lipinski definition) is 1. The van der Waals surface area contributed by atoms with Gasteiger partial charge < -0.3 is 10.1 Å². The first-order valence-electron chi connectivity index (χ1n) is 6.12. The third-order valence-corrected chi connectivity index (χ3v) is 2.70. The molecule has 0 saturated carbocycles. The Morgan fingerprint density at radius 3 is 1.86 bits per heavy atom. The van der Waals surface area contributed by atoms with Gasteiger partial charge in [0.05, 0.1) is 6.61 Å². The number of nitrogens with one attached hydrogen (secondary N) is 1. The fourth-order valence-corrected chi connectivity index (χ4v) is 1.63. The minimum absolute atomic E-state index is 0.252. The summed E-state index contributed by atoms with van der Waals surface area (Å²) in [7, 11) is 1.77. The molecular formula is C13H15F6NO. The Bertz CT molecular complexity index is 412. The Balaban J connectivity index is 2.64. The van der Waals surface area contributed by atoms with E-state index in [1.54, 1.807) is 19.2 Å². The molecule has 1 N–H and O–H groups in total. The molecule has 0 spiro atoms. The highest BCUT2D eigenvalue weighted by molar-refractivity contribution is 5.22. The zero-order valence-corrected chi connectivity index (χ0v) is 11.2. The summed E-state index contributed by atoms with van der Waals surface area (Å²) < 4.78 is 77.6. The van der Waals surface area contributed by atoms with E-state index in [9.17, 15) is 26.3 Å². The van der Waals surface area contributed by atoms with E-state index in [-0.39, 0.29) is 5.56 Å². The molecule has 0 fully saturated rings. The Hall–Kier alpha value is -1.28. The fourth-order valence-electron chi connectivity index (χ4n) is 1.63. The number of likely N-dealkylation sites (N-methyl/N-ethyl adjacent to an activating group) is 1. The first-order chi connectivity index (χ1) is 9.64. The van der Waals surface area contributed by atoms with E-state index < -0.39 is 25.1 Å². The molecule has 0 aromatic heterocycles. The summed E-state index contributed by atoms with van der Waals surface area (Å²) in [6.07, 6.45) is -14.0. The second kappa shape index (κ2) is 7.13. The molecule has 1 aromatic rings. The van der Waals surface area contributed by atoms with Crippen LogP contribution >= 0.6 is 0 Å². The minimum Gasteiger partial charge on any atom is -0.356 e. The van der Waals surface area contributed by atoms with Crippen LogP contribution in [0, 0.1) is 0 Å². The number of ether oxygens (including phenoxy) is 1. The van der Waals surface area contributed by atoms with E-state index in [2.05, 4.69) is 10.1 Å². The molecule has 0 atom stereocenters. The van der Waals surface area contributed by atoms with Crippen LogP contribution in [0.3, 0.4) is 0 Å². The van der Waals surface area contributed by atoms with Crippen molar-refractivity contribution in [3.63, 3.8) is 0 Å². The third-order valence-electron chi connectivity index (χ3n) is 2.70. The Morgan fingerprint density at radius 2 is 1.43 bits per heavy atom. The normalized spacial score (nSPS) is 13.0. The quantitative estimate of drug-likeness (QED) is 0.812. The maximum absolute atomic E-state index is 12.3.